The molecular formula is C30H48O6Si2. The summed E-state index contributed by atoms with van der Waals surface area (Å²) < 4.78 is 42.3. The van der Waals surface area contributed by atoms with Crippen molar-refractivity contribution in [3.8, 4) is 0 Å². The standard InChI is InChI=1S/C30H48O6Si2/c1-3-5-7-9-11-13-15-17-37-31-23-19-21-25-26-22-20-24-28(22)30(26,29(25,35-37)27(21,23)33-37)36-38(32-24,34-28)18-16-14-12-10-8-6-4-2/h21-26H,3-20H2,1-2H3. The number of fused-ring (bicyclic) bond motifs is 5. The fraction of sp³-hybridized carbons (Fsp3) is 1.00. The second-order valence-electron chi connectivity index (χ2n) is 14.5. The molecule has 9 rings (SSSR count). The van der Waals surface area contributed by atoms with Gasteiger partial charge in [-0.25, -0.2) is 0 Å². The summed E-state index contributed by atoms with van der Waals surface area (Å²) in [5.74, 6) is 2.51. The molecule has 9 fully saturated rings. The average molecular weight is 561 g/mol. The number of rotatable bonds is 16. The third-order valence-corrected chi connectivity index (χ3v) is 18.8. The fourth-order valence-electron chi connectivity index (χ4n) is 11.7. The molecule has 4 saturated heterocycles. The van der Waals surface area contributed by atoms with Crippen LogP contribution < -0.4 is 0 Å². The molecular weight excluding hydrogens is 512 g/mol. The van der Waals surface area contributed by atoms with Crippen LogP contribution in [0.2, 0.25) is 12.1 Å². The zero-order chi connectivity index (χ0) is 25.4. The van der Waals surface area contributed by atoms with Crippen molar-refractivity contribution >= 4 is 17.6 Å². The van der Waals surface area contributed by atoms with Gasteiger partial charge in [-0.3, -0.25) is 0 Å². The Balaban J connectivity index is 0.909. The lowest BCUT2D eigenvalue weighted by Gasteiger charge is -2.95. The fourth-order valence-corrected chi connectivity index (χ4v) is 19.2. The molecule has 4 spiro atoms. The van der Waals surface area contributed by atoms with Crippen molar-refractivity contribution in [1.82, 2.24) is 0 Å². The zero-order valence-corrected chi connectivity index (χ0v) is 25.6. The summed E-state index contributed by atoms with van der Waals surface area (Å²) in [4.78, 5) is 0. The van der Waals surface area contributed by atoms with E-state index < -0.39 is 17.6 Å². The average Bonchev–Trinajstić information content (AvgIpc) is 3.56. The van der Waals surface area contributed by atoms with E-state index in [1.807, 2.05) is 0 Å². The first-order chi connectivity index (χ1) is 18.6. The molecule has 4 heterocycles. The molecule has 8 heteroatoms. The molecule has 5 aliphatic carbocycles. The van der Waals surface area contributed by atoms with Gasteiger partial charge in [-0.2, -0.15) is 0 Å². The molecule has 6 nitrogen and oxygen atoms in total. The lowest BCUT2D eigenvalue weighted by Crippen LogP contribution is -3.11. The molecule has 4 bridgehead atoms. The van der Waals surface area contributed by atoms with Crippen molar-refractivity contribution in [3.05, 3.63) is 0 Å². The second kappa shape index (κ2) is 7.97. The van der Waals surface area contributed by atoms with Gasteiger partial charge in [0.05, 0.1) is 12.2 Å². The molecule has 0 aromatic carbocycles. The maximum Gasteiger partial charge on any atom is 0.502 e. The summed E-state index contributed by atoms with van der Waals surface area (Å²) >= 11 is 0. The summed E-state index contributed by atoms with van der Waals surface area (Å²) in [6.07, 6.45) is 21.3. The molecule has 5 saturated carbocycles. The van der Waals surface area contributed by atoms with E-state index in [4.69, 9.17) is 26.6 Å². The van der Waals surface area contributed by atoms with Crippen LogP contribution in [0.4, 0.5) is 0 Å². The molecule has 212 valence electrons. The van der Waals surface area contributed by atoms with Gasteiger partial charge in [0.2, 0.25) is 0 Å². The van der Waals surface area contributed by atoms with E-state index in [-0.39, 0.29) is 34.6 Å². The second-order valence-corrected chi connectivity index (χ2v) is 19.5. The molecule has 38 heavy (non-hydrogen) atoms. The van der Waals surface area contributed by atoms with Gasteiger partial charge in [0.1, 0.15) is 22.4 Å². The van der Waals surface area contributed by atoms with E-state index in [1.54, 1.807) is 0 Å². The van der Waals surface area contributed by atoms with E-state index in [1.165, 1.54) is 103 Å². The summed E-state index contributed by atoms with van der Waals surface area (Å²) in [5.41, 5.74) is -0.941. The highest BCUT2D eigenvalue weighted by atomic mass is 28.4. The van der Waals surface area contributed by atoms with Gasteiger partial charge < -0.3 is 26.6 Å². The van der Waals surface area contributed by atoms with Crippen molar-refractivity contribution in [2.75, 3.05) is 0 Å². The molecule has 0 aromatic rings. The monoisotopic (exact) mass is 560 g/mol. The highest BCUT2D eigenvalue weighted by molar-refractivity contribution is 6.64. The van der Waals surface area contributed by atoms with Crippen LogP contribution in [0.5, 0.6) is 0 Å². The van der Waals surface area contributed by atoms with Crippen LogP contribution in [0, 0.1) is 23.7 Å². The van der Waals surface area contributed by atoms with E-state index in [0.29, 0.717) is 23.7 Å². The van der Waals surface area contributed by atoms with Gasteiger partial charge in [0.25, 0.3) is 0 Å². The van der Waals surface area contributed by atoms with E-state index in [2.05, 4.69) is 13.8 Å². The van der Waals surface area contributed by atoms with Gasteiger partial charge in [-0.05, 0) is 25.7 Å². The Kier molecular flexibility index (Phi) is 5.19. The van der Waals surface area contributed by atoms with Crippen LogP contribution in [-0.2, 0) is 26.6 Å². The van der Waals surface area contributed by atoms with Crippen molar-refractivity contribution in [1.29, 1.82) is 0 Å². The maximum atomic E-state index is 7.31. The summed E-state index contributed by atoms with van der Waals surface area (Å²) in [7, 11) is -5.28. The quantitative estimate of drug-likeness (QED) is 0.158. The molecule has 4 aliphatic heterocycles. The lowest BCUT2D eigenvalue weighted by molar-refractivity contribution is -0.546. The number of hydrogen-bond donors (Lipinski definition) is 0. The SMILES string of the molecule is CCCCCCCCC[Si]12OC3CC4C5C6C7CC8O[Si]9(CCCCCCCCC)OC87C6(O9)C5(O1)C34O2. The number of hydrogen-bond acceptors (Lipinski definition) is 6. The normalized spacial score (nSPS) is 57.6. The van der Waals surface area contributed by atoms with Crippen molar-refractivity contribution < 1.29 is 26.6 Å². The van der Waals surface area contributed by atoms with Gasteiger partial charge in [0.15, 0.2) is 0 Å². The van der Waals surface area contributed by atoms with E-state index in [0.717, 1.165) is 12.1 Å². The number of unbranched alkanes of at least 4 members (excludes halogenated alkanes) is 12. The van der Waals surface area contributed by atoms with E-state index in [9.17, 15) is 0 Å². The highest BCUT2D eigenvalue weighted by Crippen LogP contribution is 2.98. The van der Waals surface area contributed by atoms with Crippen molar-refractivity contribution in [2.45, 2.75) is 163 Å². The molecule has 12 atom stereocenters. The molecule has 0 radical (unpaired) electrons. The largest absolute Gasteiger partial charge is 0.502 e. The van der Waals surface area contributed by atoms with Crippen LogP contribution in [0.3, 0.4) is 0 Å². The third kappa shape index (κ3) is 2.38. The zero-order valence-electron chi connectivity index (χ0n) is 23.6. The minimum Gasteiger partial charge on any atom is -0.367 e. The molecule has 0 aromatic heterocycles. The Morgan fingerprint density at radius 1 is 0.526 bits per heavy atom. The molecule has 0 amide bonds. The molecule has 0 N–H and O–H groups in total. The Morgan fingerprint density at radius 2 is 0.921 bits per heavy atom. The van der Waals surface area contributed by atoms with Crippen LogP contribution in [-0.4, -0.2) is 52.2 Å². The Morgan fingerprint density at radius 3 is 1.34 bits per heavy atom. The first kappa shape index (κ1) is 24.8. The van der Waals surface area contributed by atoms with Crippen molar-refractivity contribution in [2.24, 2.45) is 23.7 Å². The van der Waals surface area contributed by atoms with Gasteiger partial charge in [0, 0.05) is 35.8 Å². The molecule has 12 unspecified atom stereocenters. The third-order valence-electron chi connectivity index (χ3n) is 13.0. The van der Waals surface area contributed by atoms with Crippen LogP contribution in [0.1, 0.15) is 117 Å². The Hall–Kier alpha value is 0.194. The van der Waals surface area contributed by atoms with Gasteiger partial charge >= 0.3 is 17.6 Å². The molecule has 9 aliphatic rings. The summed E-state index contributed by atoms with van der Waals surface area (Å²) in [5, 5.41) is 0. The highest BCUT2D eigenvalue weighted by Gasteiger charge is 3.14. The van der Waals surface area contributed by atoms with E-state index >= 15 is 0 Å². The Bertz CT molecular complexity index is 937. The predicted molar refractivity (Wildman–Crippen MR) is 145 cm³/mol. The van der Waals surface area contributed by atoms with Gasteiger partial charge in [-0.15, -0.1) is 0 Å². The van der Waals surface area contributed by atoms with Crippen LogP contribution >= 0.6 is 0 Å². The lowest BCUT2D eigenvalue weighted by atomic mass is 9.14. The summed E-state index contributed by atoms with van der Waals surface area (Å²) in [6, 6.07) is 2.00. The first-order valence-electron chi connectivity index (χ1n) is 16.7. The smallest absolute Gasteiger partial charge is 0.367 e. The predicted octanol–water partition coefficient (Wildman–Crippen LogP) is 6.52. The first-order valence-corrected chi connectivity index (χ1v) is 20.6. The topological polar surface area (TPSA) is 55.4 Å². The Labute approximate surface area is 230 Å². The van der Waals surface area contributed by atoms with Crippen molar-refractivity contribution in [3.63, 3.8) is 0 Å². The maximum absolute atomic E-state index is 7.31. The van der Waals surface area contributed by atoms with Crippen LogP contribution in [0.25, 0.3) is 0 Å². The summed E-state index contributed by atoms with van der Waals surface area (Å²) in [6.45, 7) is 4.58. The van der Waals surface area contributed by atoms with Gasteiger partial charge in [-0.1, -0.05) is 90.9 Å². The minimum atomic E-state index is -2.64. The van der Waals surface area contributed by atoms with Crippen LogP contribution in [0.15, 0.2) is 0 Å². The minimum absolute atomic E-state index is 0.204.